The molecule has 0 unspecified atom stereocenters. The summed E-state index contributed by atoms with van der Waals surface area (Å²) in [7, 11) is 3.83. The number of likely N-dealkylation sites (N-methyl/N-ethyl adjacent to an activating group) is 1. The molecule has 2 N–H and O–H groups in total. The average Bonchev–Trinajstić information content (AvgIpc) is 2.61. The zero-order valence-corrected chi connectivity index (χ0v) is 15.8. The summed E-state index contributed by atoms with van der Waals surface area (Å²) in [6.07, 6.45) is 1.80. The standard InChI is InChI=1S/C17H27N3O2.C2H6/c1-14(16-12-15(18)4-5-17(16)21-3)13-22-11-10-20-8-6-19(2)7-9-20;1-2/h4-5,12-13H,6-11,18H2,1-3H3;1-2H3/b14-13+;. The lowest BCUT2D eigenvalue weighted by Gasteiger charge is -2.32. The normalized spacial score (nSPS) is 16.3. The first kappa shape index (κ1) is 20.3. The fraction of sp³-hybridized carbons (Fsp3) is 0.579. The Kier molecular flexibility index (Phi) is 9.27. The molecule has 1 aromatic rings. The van der Waals surface area contributed by atoms with E-state index in [0.717, 1.165) is 55.3 Å². The molecule has 0 amide bonds. The van der Waals surface area contributed by atoms with Crippen LogP contribution in [-0.4, -0.2) is 63.3 Å². The van der Waals surface area contributed by atoms with Crippen molar-refractivity contribution in [2.24, 2.45) is 0 Å². The second kappa shape index (κ2) is 10.9. The highest BCUT2D eigenvalue weighted by molar-refractivity contribution is 5.71. The number of benzene rings is 1. The summed E-state index contributed by atoms with van der Waals surface area (Å²) in [6, 6.07) is 5.63. The number of methoxy groups -OCH3 is 1. The maximum Gasteiger partial charge on any atom is 0.126 e. The first-order valence-electron chi connectivity index (χ1n) is 8.73. The van der Waals surface area contributed by atoms with Crippen molar-refractivity contribution in [3.05, 3.63) is 30.0 Å². The monoisotopic (exact) mass is 335 g/mol. The number of allylic oxidation sites excluding steroid dienone is 1. The lowest BCUT2D eigenvalue weighted by Crippen LogP contribution is -2.45. The van der Waals surface area contributed by atoms with Crippen molar-refractivity contribution < 1.29 is 9.47 Å². The highest BCUT2D eigenvalue weighted by atomic mass is 16.5. The number of nitrogens with zero attached hydrogens (tertiary/aromatic N) is 2. The van der Waals surface area contributed by atoms with Crippen LogP contribution in [-0.2, 0) is 4.74 Å². The molecule has 1 fully saturated rings. The van der Waals surface area contributed by atoms with Crippen LogP contribution >= 0.6 is 0 Å². The Labute approximate surface area is 147 Å². The number of hydrogen-bond acceptors (Lipinski definition) is 5. The highest BCUT2D eigenvalue weighted by Gasteiger charge is 2.13. The SMILES string of the molecule is CC.COc1ccc(N)cc1/C(C)=C/OCCN1CCN(C)CC1. The van der Waals surface area contributed by atoms with E-state index in [9.17, 15) is 0 Å². The van der Waals surface area contributed by atoms with Gasteiger partial charge in [-0.15, -0.1) is 0 Å². The fourth-order valence-corrected chi connectivity index (χ4v) is 2.53. The minimum Gasteiger partial charge on any atom is -0.500 e. The van der Waals surface area contributed by atoms with Gasteiger partial charge in [0.05, 0.1) is 20.0 Å². The van der Waals surface area contributed by atoms with E-state index in [1.807, 2.05) is 39.0 Å². The van der Waals surface area contributed by atoms with E-state index in [4.69, 9.17) is 15.2 Å². The predicted octanol–water partition coefficient (Wildman–Crippen LogP) is 2.93. The lowest BCUT2D eigenvalue weighted by atomic mass is 10.1. The first-order valence-corrected chi connectivity index (χ1v) is 8.73. The Morgan fingerprint density at radius 2 is 1.88 bits per heavy atom. The van der Waals surface area contributed by atoms with Gasteiger partial charge in [-0.1, -0.05) is 13.8 Å². The van der Waals surface area contributed by atoms with Crippen LogP contribution in [0.4, 0.5) is 5.69 Å². The van der Waals surface area contributed by atoms with Gasteiger partial charge in [-0.3, -0.25) is 4.90 Å². The Bertz CT molecular complexity index is 509. The Morgan fingerprint density at radius 3 is 2.50 bits per heavy atom. The topological polar surface area (TPSA) is 51.0 Å². The molecule has 1 saturated heterocycles. The molecule has 0 spiro atoms. The van der Waals surface area contributed by atoms with Crippen LogP contribution in [0.3, 0.4) is 0 Å². The molecule has 0 aliphatic carbocycles. The maximum atomic E-state index is 5.85. The van der Waals surface area contributed by atoms with Crippen LogP contribution in [0.1, 0.15) is 26.3 Å². The van der Waals surface area contributed by atoms with Crippen LogP contribution in [0.25, 0.3) is 5.57 Å². The molecule has 0 saturated carbocycles. The predicted molar refractivity (Wildman–Crippen MR) is 102 cm³/mol. The van der Waals surface area contributed by atoms with E-state index in [0.29, 0.717) is 6.61 Å². The molecular formula is C19H33N3O2. The van der Waals surface area contributed by atoms with Crippen molar-refractivity contribution in [1.29, 1.82) is 0 Å². The van der Waals surface area contributed by atoms with Gasteiger partial charge in [-0.2, -0.15) is 0 Å². The molecule has 24 heavy (non-hydrogen) atoms. The number of anilines is 1. The van der Waals surface area contributed by atoms with Gasteiger partial charge in [-0.25, -0.2) is 0 Å². The molecular weight excluding hydrogens is 302 g/mol. The highest BCUT2D eigenvalue weighted by Crippen LogP contribution is 2.27. The zero-order valence-electron chi connectivity index (χ0n) is 15.8. The van der Waals surface area contributed by atoms with Gasteiger partial charge in [0.1, 0.15) is 5.75 Å². The third-order valence-electron chi connectivity index (χ3n) is 4.03. The molecule has 1 aromatic carbocycles. The quantitative estimate of drug-likeness (QED) is 0.492. The molecule has 5 heteroatoms. The largest absolute Gasteiger partial charge is 0.500 e. The van der Waals surface area contributed by atoms with E-state index >= 15 is 0 Å². The van der Waals surface area contributed by atoms with Crippen molar-refractivity contribution in [1.82, 2.24) is 9.80 Å². The lowest BCUT2D eigenvalue weighted by molar-refractivity contribution is 0.122. The van der Waals surface area contributed by atoms with Crippen molar-refractivity contribution >= 4 is 11.3 Å². The van der Waals surface area contributed by atoms with Crippen molar-refractivity contribution in [3.8, 4) is 5.75 Å². The van der Waals surface area contributed by atoms with Gasteiger partial charge < -0.3 is 20.1 Å². The Morgan fingerprint density at radius 1 is 1.21 bits per heavy atom. The summed E-state index contributed by atoms with van der Waals surface area (Å²) in [4.78, 5) is 4.79. The summed E-state index contributed by atoms with van der Waals surface area (Å²) in [5, 5.41) is 0. The first-order chi connectivity index (χ1) is 11.6. The van der Waals surface area contributed by atoms with Crippen LogP contribution in [0.2, 0.25) is 0 Å². The van der Waals surface area contributed by atoms with E-state index in [-0.39, 0.29) is 0 Å². The molecule has 0 atom stereocenters. The van der Waals surface area contributed by atoms with E-state index in [1.54, 1.807) is 13.4 Å². The van der Waals surface area contributed by atoms with Gasteiger partial charge in [0.25, 0.3) is 0 Å². The number of nitrogens with two attached hydrogens (primary N) is 1. The summed E-state index contributed by atoms with van der Waals surface area (Å²) in [6.45, 7) is 12.2. The van der Waals surface area contributed by atoms with E-state index in [1.165, 1.54) is 0 Å². The van der Waals surface area contributed by atoms with Crippen LogP contribution < -0.4 is 10.5 Å². The van der Waals surface area contributed by atoms with Crippen LogP contribution in [0, 0.1) is 0 Å². The maximum absolute atomic E-state index is 5.85. The second-order valence-corrected chi connectivity index (χ2v) is 5.78. The average molecular weight is 335 g/mol. The number of piperazine rings is 1. The number of hydrogen-bond donors (Lipinski definition) is 1. The number of ether oxygens (including phenoxy) is 2. The summed E-state index contributed by atoms with van der Waals surface area (Å²) in [5.41, 5.74) is 8.56. The minimum atomic E-state index is 0.700. The van der Waals surface area contributed by atoms with Gasteiger partial charge in [0.15, 0.2) is 0 Å². The zero-order chi connectivity index (χ0) is 17.9. The molecule has 5 nitrogen and oxygen atoms in total. The van der Waals surface area contributed by atoms with E-state index < -0.39 is 0 Å². The van der Waals surface area contributed by atoms with Crippen LogP contribution in [0.15, 0.2) is 24.5 Å². The summed E-state index contributed by atoms with van der Waals surface area (Å²) < 4.78 is 11.1. The molecule has 2 rings (SSSR count). The van der Waals surface area contributed by atoms with Gasteiger partial charge >= 0.3 is 0 Å². The van der Waals surface area contributed by atoms with E-state index in [2.05, 4.69) is 16.8 Å². The van der Waals surface area contributed by atoms with Crippen molar-refractivity contribution in [2.45, 2.75) is 20.8 Å². The minimum absolute atomic E-state index is 0.700. The Balaban J connectivity index is 0.00000139. The molecule has 1 aliphatic rings. The second-order valence-electron chi connectivity index (χ2n) is 5.78. The molecule has 136 valence electrons. The molecule has 0 radical (unpaired) electrons. The van der Waals surface area contributed by atoms with Crippen LogP contribution in [0.5, 0.6) is 5.75 Å². The summed E-state index contributed by atoms with van der Waals surface area (Å²) in [5.74, 6) is 0.811. The van der Waals surface area contributed by atoms with Gasteiger partial charge in [0.2, 0.25) is 0 Å². The van der Waals surface area contributed by atoms with Crippen molar-refractivity contribution in [3.63, 3.8) is 0 Å². The molecule has 0 aromatic heterocycles. The third-order valence-corrected chi connectivity index (χ3v) is 4.03. The summed E-state index contributed by atoms with van der Waals surface area (Å²) >= 11 is 0. The van der Waals surface area contributed by atoms with Gasteiger partial charge in [0, 0.05) is 44.0 Å². The molecule has 0 bridgehead atoms. The third kappa shape index (κ3) is 6.42. The number of nitrogen functional groups attached to an aromatic ring is 1. The van der Waals surface area contributed by atoms with Crippen molar-refractivity contribution in [2.75, 3.05) is 59.2 Å². The smallest absolute Gasteiger partial charge is 0.126 e. The number of rotatable bonds is 6. The van der Waals surface area contributed by atoms with Gasteiger partial charge in [-0.05, 0) is 37.7 Å². The molecule has 1 heterocycles. The fourth-order valence-electron chi connectivity index (χ4n) is 2.53. The Hall–Kier alpha value is -1.72. The molecule has 1 aliphatic heterocycles.